The van der Waals surface area contributed by atoms with E-state index in [9.17, 15) is 19.5 Å². The molecule has 0 unspecified atom stereocenters. The third-order valence-electron chi connectivity index (χ3n) is 5.96. The van der Waals surface area contributed by atoms with Crippen molar-refractivity contribution in [3.05, 3.63) is 82.7 Å². The Labute approximate surface area is 196 Å². The van der Waals surface area contributed by atoms with Crippen molar-refractivity contribution in [1.82, 2.24) is 20.6 Å². The highest BCUT2D eigenvalue weighted by atomic mass is 16.3. The lowest BCUT2D eigenvalue weighted by molar-refractivity contribution is 0.0899. The number of carbonyl (C=O) groups is 3. The molecule has 0 radical (unpaired) electrons. The van der Waals surface area contributed by atoms with Gasteiger partial charge in [0.05, 0.1) is 5.56 Å². The Balaban J connectivity index is 1.40. The maximum absolute atomic E-state index is 12.9. The van der Waals surface area contributed by atoms with Gasteiger partial charge in [0, 0.05) is 48.8 Å². The number of nitrogens with zero attached hydrogens (tertiary/aromatic N) is 2. The number of aromatic hydroxyl groups is 1. The fourth-order valence-corrected chi connectivity index (χ4v) is 4.02. The molecular formula is C25H25N5O4. The molecule has 1 saturated heterocycles. The first kappa shape index (κ1) is 23.1. The zero-order chi connectivity index (χ0) is 24.2. The first-order valence-corrected chi connectivity index (χ1v) is 10.9. The molecule has 0 spiro atoms. The molecule has 174 valence electrons. The zero-order valence-electron chi connectivity index (χ0n) is 18.6. The van der Waals surface area contributed by atoms with Crippen molar-refractivity contribution in [2.75, 3.05) is 18.8 Å². The van der Waals surface area contributed by atoms with Gasteiger partial charge in [-0.05, 0) is 24.6 Å². The van der Waals surface area contributed by atoms with Crippen molar-refractivity contribution in [2.45, 2.75) is 19.4 Å². The van der Waals surface area contributed by atoms with Gasteiger partial charge in [-0.15, -0.1) is 0 Å². The number of para-hydroxylation sites is 1. The standard InChI is InChI=1S/C25H25N5O4/c1-14-3-2-4-18(22(14)32)23(33)16-7-5-15(6-8-16)21(31)11-17-12-27-13-20(17)29-24(34)19-9-10-28-25(26)30-19/h2-10,17,20,27,32H,11-13H2,1H3,(H,29,34)(H2,26,28,30)/t17-,20-/m1/s1. The third kappa shape index (κ3) is 4.94. The topological polar surface area (TPSA) is 147 Å². The van der Waals surface area contributed by atoms with Crippen LogP contribution in [0.15, 0.2) is 54.7 Å². The summed E-state index contributed by atoms with van der Waals surface area (Å²) in [4.78, 5) is 45.9. The number of aromatic nitrogens is 2. The third-order valence-corrected chi connectivity index (χ3v) is 5.96. The highest BCUT2D eigenvalue weighted by molar-refractivity contribution is 6.11. The summed E-state index contributed by atoms with van der Waals surface area (Å²) in [5.41, 5.74) is 7.42. The predicted octanol–water partition coefficient (Wildman–Crippen LogP) is 1.89. The molecule has 1 fully saturated rings. The van der Waals surface area contributed by atoms with Crippen LogP contribution in [0.5, 0.6) is 5.75 Å². The van der Waals surface area contributed by atoms with Crippen molar-refractivity contribution in [3.63, 3.8) is 0 Å². The van der Waals surface area contributed by atoms with E-state index in [1.807, 2.05) is 0 Å². The van der Waals surface area contributed by atoms with E-state index < -0.39 is 0 Å². The van der Waals surface area contributed by atoms with E-state index in [1.165, 1.54) is 12.3 Å². The van der Waals surface area contributed by atoms with Crippen molar-refractivity contribution >= 4 is 23.4 Å². The number of amides is 1. The molecule has 1 aliphatic heterocycles. The minimum absolute atomic E-state index is 0.0171. The van der Waals surface area contributed by atoms with Crippen molar-refractivity contribution < 1.29 is 19.5 Å². The maximum Gasteiger partial charge on any atom is 0.270 e. The second kappa shape index (κ2) is 9.80. The summed E-state index contributed by atoms with van der Waals surface area (Å²) in [6.45, 7) is 2.86. The number of nitrogen functional groups attached to an aromatic ring is 1. The number of nitrogens with two attached hydrogens (primary N) is 1. The molecule has 2 atom stereocenters. The van der Waals surface area contributed by atoms with Crippen LogP contribution in [-0.2, 0) is 0 Å². The predicted molar refractivity (Wildman–Crippen MR) is 126 cm³/mol. The molecule has 0 saturated carbocycles. The van der Waals surface area contributed by atoms with Crippen molar-refractivity contribution in [2.24, 2.45) is 5.92 Å². The van der Waals surface area contributed by atoms with Crippen LogP contribution in [-0.4, -0.2) is 51.7 Å². The minimum atomic E-state index is -0.373. The molecule has 1 aromatic heterocycles. The molecule has 1 amide bonds. The summed E-state index contributed by atoms with van der Waals surface area (Å²) in [7, 11) is 0. The van der Waals surface area contributed by atoms with Gasteiger partial charge in [0.1, 0.15) is 11.4 Å². The number of phenolic OH excluding ortho intramolecular Hbond substituents is 1. The largest absolute Gasteiger partial charge is 0.507 e. The molecular weight excluding hydrogens is 434 g/mol. The van der Waals surface area contributed by atoms with Crippen LogP contribution in [0.3, 0.4) is 0 Å². The normalized spacial score (nSPS) is 17.3. The highest BCUT2D eigenvalue weighted by Gasteiger charge is 2.31. The monoisotopic (exact) mass is 459 g/mol. The molecule has 0 aliphatic carbocycles. The summed E-state index contributed by atoms with van der Waals surface area (Å²) < 4.78 is 0. The molecule has 5 N–H and O–H groups in total. The van der Waals surface area contributed by atoms with Gasteiger partial charge < -0.3 is 21.5 Å². The first-order valence-electron chi connectivity index (χ1n) is 10.9. The fourth-order valence-electron chi connectivity index (χ4n) is 4.02. The van der Waals surface area contributed by atoms with Crippen LogP contribution in [0.25, 0.3) is 0 Å². The quantitative estimate of drug-likeness (QED) is 0.392. The number of rotatable bonds is 7. The highest BCUT2D eigenvalue weighted by Crippen LogP contribution is 2.25. The van der Waals surface area contributed by atoms with E-state index in [0.29, 0.717) is 29.8 Å². The van der Waals surface area contributed by atoms with Crippen LogP contribution in [0.4, 0.5) is 5.95 Å². The smallest absolute Gasteiger partial charge is 0.270 e. The zero-order valence-corrected chi connectivity index (χ0v) is 18.6. The summed E-state index contributed by atoms with van der Waals surface area (Å²) in [5, 5.41) is 16.3. The second-order valence-electron chi connectivity index (χ2n) is 8.30. The van der Waals surface area contributed by atoms with Gasteiger partial charge in [-0.25, -0.2) is 9.97 Å². The molecule has 9 nitrogen and oxygen atoms in total. The van der Waals surface area contributed by atoms with Gasteiger partial charge in [-0.3, -0.25) is 14.4 Å². The molecule has 3 aromatic rings. The van der Waals surface area contributed by atoms with E-state index in [1.54, 1.807) is 49.4 Å². The van der Waals surface area contributed by atoms with Gasteiger partial charge in [0.2, 0.25) is 5.95 Å². The number of benzene rings is 2. The number of Topliss-reactive ketones (excluding diaryl/α,β-unsaturated/α-hetero) is 1. The van der Waals surface area contributed by atoms with Crippen LogP contribution in [0, 0.1) is 12.8 Å². The Morgan fingerprint density at radius 1 is 1.09 bits per heavy atom. The van der Waals surface area contributed by atoms with Gasteiger partial charge in [0.15, 0.2) is 11.6 Å². The second-order valence-corrected chi connectivity index (χ2v) is 8.30. The Morgan fingerprint density at radius 2 is 1.82 bits per heavy atom. The number of carbonyl (C=O) groups excluding carboxylic acids is 3. The van der Waals surface area contributed by atoms with Crippen LogP contribution in [0.2, 0.25) is 0 Å². The number of anilines is 1. The number of hydrogen-bond donors (Lipinski definition) is 4. The molecule has 1 aliphatic rings. The summed E-state index contributed by atoms with van der Waals surface area (Å²) in [5.74, 6) is -0.892. The first-order chi connectivity index (χ1) is 16.3. The lowest BCUT2D eigenvalue weighted by atomic mass is 9.93. The SMILES string of the molecule is Cc1cccc(C(=O)c2ccc(C(=O)C[C@@H]3CNC[C@H]3NC(=O)c3ccnc(N)n3)cc2)c1O. The molecule has 9 heteroatoms. The lowest BCUT2D eigenvalue weighted by Crippen LogP contribution is -2.41. The lowest BCUT2D eigenvalue weighted by Gasteiger charge is -2.19. The van der Waals surface area contributed by atoms with Gasteiger partial charge in [-0.1, -0.05) is 36.4 Å². The number of ketones is 2. The van der Waals surface area contributed by atoms with E-state index in [4.69, 9.17) is 5.73 Å². The Hall–Kier alpha value is -4.11. The molecule has 0 bridgehead atoms. The number of nitrogens with one attached hydrogen (secondary N) is 2. The van der Waals surface area contributed by atoms with Gasteiger partial charge >= 0.3 is 0 Å². The van der Waals surface area contributed by atoms with Gasteiger partial charge in [-0.2, -0.15) is 0 Å². The van der Waals surface area contributed by atoms with Crippen LogP contribution in [0.1, 0.15) is 48.8 Å². The average Bonchev–Trinajstić information content (AvgIpc) is 3.26. The molecule has 2 heterocycles. The minimum Gasteiger partial charge on any atom is -0.507 e. The van der Waals surface area contributed by atoms with E-state index in [0.717, 1.165) is 0 Å². The Kier molecular flexibility index (Phi) is 6.65. The number of aryl methyl sites for hydroxylation is 1. The van der Waals surface area contributed by atoms with E-state index in [-0.39, 0.29) is 58.8 Å². The summed E-state index contributed by atoms with van der Waals surface area (Å²) >= 11 is 0. The molecule has 34 heavy (non-hydrogen) atoms. The average molecular weight is 460 g/mol. The summed E-state index contributed by atoms with van der Waals surface area (Å²) in [6.07, 6.45) is 1.65. The van der Waals surface area contributed by atoms with Crippen molar-refractivity contribution in [3.8, 4) is 5.75 Å². The van der Waals surface area contributed by atoms with Gasteiger partial charge in [0.25, 0.3) is 5.91 Å². The van der Waals surface area contributed by atoms with E-state index in [2.05, 4.69) is 20.6 Å². The van der Waals surface area contributed by atoms with Crippen LogP contribution >= 0.6 is 0 Å². The summed E-state index contributed by atoms with van der Waals surface area (Å²) in [6, 6.07) is 12.7. The number of phenols is 1. The molecule has 2 aromatic carbocycles. The maximum atomic E-state index is 12.9. The Morgan fingerprint density at radius 3 is 2.56 bits per heavy atom. The van der Waals surface area contributed by atoms with Crippen molar-refractivity contribution in [1.29, 1.82) is 0 Å². The fraction of sp³-hybridized carbons (Fsp3) is 0.240. The van der Waals surface area contributed by atoms with Crippen LogP contribution < -0.4 is 16.4 Å². The number of hydrogen-bond acceptors (Lipinski definition) is 8. The Bertz CT molecular complexity index is 1240. The van der Waals surface area contributed by atoms with E-state index >= 15 is 0 Å². The molecule has 4 rings (SSSR count).